The zero-order valence-corrected chi connectivity index (χ0v) is 37.2. The number of nitrogens with one attached hydrogen (secondary N) is 5. The van der Waals surface area contributed by atoms with Gasteiger partial charge in [0.05, 0.1) is 51.1 Å². The molecular weight excluding hydrogens is 849 g/mol. The highest BCUT2D eigenvalue weighted by molar-refractivity contribution is 7.70. The molecule has 0 aliphatic carbocycles. The van der Waals surface area contributed by atoms with E-state index in [-0.39, 0.29) is 43.2 Å². The molecule has 0 bridgehead atoms. The number of hydrogen-bond donors (Lipinski definition) is 5. The second-order valence-corrected chi connectivity index (χ2v) is 19.4. The number of amides is 4. The maximum atomic E-state index is 13.1. The van der Waals surface area contributed by atoms with Crippen LogP contribution in [-0.4, -0.2) is 117 Å². The average molecular weight is 902 g/mol. The molecule has 7 rings (SSSR count). The minimum absolute atomic E-state index is 0.0524. The van der Waals surface area contributed by atoms with E-state index in [0.29, 0.717) is 84.1 Å². The molecule has 0 radical (unpaired) electrons. The van der Waals surface area contributed by atoms with Gasteiger partial charge in [-0.15, -0.1) is 0 Å². The number of anilines is 6. The van der Waals surface area contributed by atoms with E-state index in [4.69, 9.17) is 25.8 Å². The van der Waals surface area contributed by atoms with Crippen molar-refractivity contribution in [2.45, 2.75) is 50.7 Å². The van der Waals surface area contributed by atoms with E-state index in [1.54, 1.807) is 32.6 Å². The van der Waals surface area contributed by atoms with E-state index in [0.717, 1.165) is 42.9 Å². The number of benzene rings is 3. The number of para-hydroxylation sites is 1. The van der Waals surface area contributed by atoms with Crippen molar-refractivity contribution in [1.82, 2.24) is 25.5 Å². The van der Waals surface area contributed by atoms with Gasteiger partial charge in [-0.2, -0.15) is 4.98 Å². The highest BCUT2D eigenvalue weighted by atomic mass is 35.5. The Bertz CT molecular complexity index is 2370. The van der Waals surface area contributed by atoms with Gasteiger partial charge in [0.1, 0.15) is 24.0 Å². The molecule has 4 amide bonds. The Kier molecular flexibility index (Phi) is 14.8. The van der Waals surface area contributed by atoms with Crippen LogP contribution in [0.2, 0.25) is 5.02 Å². The maximum Gasteiger partial charge on any atom is 0.255 e. The number of methoxy groups -OCH3 is 1. The summed E-state index contributed by atoms with van der Waals surface area (Å²) in [6, 6.07) is 18.1. The quantitative estimate of drug-likeness (QED) is 0.0463. The van der Waals surface area contributed by atoms with Gasteiger partial charge in [-0.05, 0) is 69.0 Å². The van der Waals surface area contributed by atoms with Crippen LogP contribution in [0.5, 0.6) is 5.75 Å². The first-order chi connectivity index (χ1) is 30.4. The Hall–Kier alpha value is -5.74. The predicted molar refractivity (Wildman–Crippen MR) is 243 cm³/mol. The summed E-state index contributed by atoms with van der Waals surface area (Å²) in [5.74, 6) is 0.267. The van der Waals surface area contributed by atoms with Gasteiger partial charge >= 0.3 is 0 Å². The van der Waals surface area contributed by atoms with Crippen molar-refractivity contribution in [1.29, 1.82) is 0 Å². The van der Waals surface area contributed by atoms with Crippen molar-refractivity contribution in [3.63, 3.8) is 0 Å². The number of aromatic nitrogens is 2. The van der Waals surface area contributed by atoms with Crippen LogP contribution < -0.4 is 41.5 Å². The fraction of sp³-hybridized carbons (Fsp3) is 0.409. The van der Waals surface area contributed by atoms with E-state index >= 15 is 0 Å². The van der Waals surface area contributed by atoms with Crippen molar-refractivity contribution in [3.05, 3.63) is 83.0 Å². The lowest BCUT2D eigenvalue weighted by Gasteiger charge is -2.34. The molecular formula is C44H53ClN9O8P. The summed E-state index contributed by atoms with van der Waals surface area (Å²) in [5, 5.41) is 16.3. The summed E-state index contributed by atoms with van der Waals surface area (Å²) in [4.78, 5) is 62.5. The number of nitrogens with zero attached hydrogens (tertiary/aromatic N) is 4. The van der Waals surface area contributed by atoms with Crippen LogP contribution >= 0.6 is 18.7 Å². The molecule has 4 heterocycles. The van der Waals surface area contributed by atoms with Crippen LogP contribution in [0.1, 0.15) is 48.0 Å². The van der Waals surface area contributed by atoms with Gasteiger partial charge in [-0.3, -0.25) is 24.5 Å². The molecule has 334 valence electrons. The summed E-state index contributed by atoms with van der Waals surface area (Å²) in [5.41, 5.74) is 4.50. The van der Waals surface area contributed by atoms with Crippen LogP contribution in [0, 0.1) is 0 Å². The SMILES string of the molecule is COc1cc(N2CCC(NC(=O)CCOCCOCCNc3cccc4c3CN(C3CCC(=O)NC3=O)C4=O)CC2)ccc1Nc1ncc(Cl)c(Nc2ccccc2P(C)(C)=O)n1. The van der Waals surface area contributed by atoms with E-state index < -0.39 is 19.1 Å². The number of carbonyl (C=O) groups excluding carboxylic acids is 4. The maximum absolute atomic E-state index is 13.1. The van der Waals surface area contributed by atoms with Crippen LogP contribution in [0.3, 0.4) is 0 Å². The molecule has 1 atom stereocenters. The zero-order valence-electron chi connectivity index (χ0n) is 35.6. The Morgan fingerprint density at radius 1 is 0.921 bits per heavy atom. The van der Waals surface area contributed by atoms with Gasteiger partial charge in [-0.25, -0.2) is 4.98 Å². The second kappa shape index (κ2) is 20.6. The number of halogens is 1. The fourth-order valence-corrected chi connectivity index (χ4v) is 9.16. The molecule has 17 nitrogen and oxygen atoms in total. The van der Waals surface area contributed by atoms with Gasteiger partial charge < -0.3 is 49.8 Å². The first-order valence-corrected chi connectivity index (χ1v) is 23.9. The van der Waals surface area contributed by atoms with E-state index in [1.807, 2.05) is 48.5 Å². The Labute approximate surface area is 371 Å². The van der Waals surface area contributed by atoms with Gasteiger partial charge in [0.25, 0.3) is 5.91 Å². The van der Waals surface area contributed by atoms with Crippen LogP contribution in [-0.2, 0) is 35.0 Å². The monoisotopic (exact) mass is 901 g/mol. The molecule has 3 aromatic carbocycles. The van der Waals surface area contributed by atoms with E-state index in [9.17, 15) is 23.7 Å². The molecule has 4 aromatic rings. The summed E-state index contributed by atoms with van der Waals surface area (Å²) < 4.78 is 30.0. The van der Waals surface area contributed by atoms with Crippen LogP contribution in [0.15, 0.2) is 66.9 Å². The third kappa shape index (κ3) is 11.5. The molecule has 0 saturated carbocycles. The third-order valence-corrected chi connectivity index (χ3v) is 13.0. The van der Waals surface area contributed by atoms with Gasteiger partial charge in [0.2, 0.25) is 23.7 Å². The lowest BCUT2D eigenvalue weighted by atomic mass is 10.0. The fourth-order valence-electron chi connectivity index (χ4n) is 7.87. The molecule has 1 unspecified atom stereocenters. The lowest BCUT2D eigenvalue weighted by Crippen LogP contribution is -2.52. The number of fused-ring (bicyclic) bond motifs is 1. The number of piperidine rings is 2. The molecule has 5 N–H and O–H groups in total. The Morgan fingerprint density at radius 3 is 2.44 bits per heavy atom. The first kappa shape index (κ1) is 45.3. The van der Waals surface area contributed by atoms with Crippen LogP contribution in [0.4, 0.5) is 34.5 Å². The average Bonchev–Trinajstić information content (AvgIpc) is 3.60. The topological polar surface area (TPSA) is 205 Å². The van der Waals surface area contributed by atoms with Crippen molar-refractivity contribution in [2.24, 2.45) is 0 Å². The molecule has 3 aliphatic heterocycles. The Morgan fingerprint density at radius 2 is 1.68 bits per heavy atom. The predicted octanol–water partition coefficient (Wildman–Crippen LogP) is 5.26. The number of rotatable bonds is 19. The number of hydrogen-bond acceptors (Lipinski definition) is 14. The minimum Gasteiger partial charge on any atom is -0.494 e. The standard InChI is InChI=1S/C44H53ClN9O8P/c1-60-37-25-29(11-12-34(37)50-44-47-26-32(45)41(52-44)49-35-8-4-5-10-38(35)63(2,3)59)53-19-15-28(16-20-53)48-40(56)17-21-61-23-24-62-22-18-46-33-9-6-7-30-31(33)27-54(43(30)58)36-13-14-39(55)51-42(36)57/h4-12,25-26,28,36,46H,13-24,27H2,1-3H3,(H,48,56)(H,51,55,57)(H2,47,49,50,52). The molecule has 2 fully saturated rings. The van der Waals surface area contributed by atoms with Crippen molar-refractivity contribution >= 4 is 82.2 Å². The number of ether oxygens (including phenoxy) is 3. The summed E-state index contributed by atoms with van der Waals surface area (Å²) >= 11 is 6.45. The minimum atomic E-state index is -2.56. The highest BCUT2D eigenvalue weighted by Gasteiger charge is 2.40. The molecule has 3 aliphatic rings. The van der Waals surface area contributed by atoms with Gasteiger partial charge in [-0.1, -0.05) is 29.8 Å². The van der Waals surface area contributed by atoms with Gasteiger partial charge in [0.15, 0.2) is 5.82 Å². The molecule has 1 aromatic heterocycles. The normalized spacial score (nSPS) is 16.7. The molecule has 0 spiro atoms. The number of carbonyl (C=O) groups is 4. The van der Waals surface area contributed by atoms with E-state index in [2.05, 4.69) is 41.5 Å². The molecule has 63 heavy (non-hydrogen) atoms. The van der Waals surface area contributed by atoms with Crippen molar-refractivity contribution in [3.8, 4) is 5.75 Å². The molecule has 19 heteroatoms. The summed E-state index contributed by atoms with van der Waals surface area (Å²) in [7, 11) is -0.961. The van der Waals surface area contributed by atoms with Gasteiger partial charge in [0, 0.05) is 78.9 Å². The molecule has 2 saturated heterocycles. The number of imide groups is 1. The highest BCUT2D eigenvalue weighted by Crippen LogP contribution is 2.39. The van der Waals surface area contributed by atoms with Crippen molar-refractivity contribution in [2.75, 3.05) is 87.4 Å². The zero-order chi connectivity index (χ0) is 44.5. The van der Waals surface area contributed by atoms with E-state index in [1.165, 1.54) is 11.1 Å². The summed E-state index contributed by atoms with van der Waals surface area (Å²) in [6.07, 6.45) is 3.86. The third-order valence-electron chi connectivity index (χ3n) is 11.1. The largest absolute Gasteiger partial charge is 0.494 e. The van der Waals surface area contributed by atoms with Crippen molar-refractivity contribution < 1.29 is 38.0 Å². The second-order valence-electron chi connectivity index (χ2n) is 15.9. The lowest BCUT2D eigenvalue weighted by molar-refractivity contribution is -0.137. The van der Waals surface area contributed by atoms with Crippen LogP contribution in [0.25, 0.3) is 0 Å². The first-order valence-electron chi connectivity index (χ1n) is 21.0. The Balaban J connectivity index is 0.781. The summed E-state index contributed by atoms with van der Waals surface area (Å²) in [6.45, 7) is 7.15. The smallest absolute Gasteiger partial charge is 0.255 e.